The lowest BCUT2D eigenvalue weighted by Gasteiger charge is -2.28. The number of likely N-dealkylation sites (tertiary alicyclic amines) is 1. The highest BCUT2D eigenvalue weighted by atomic mass is 16.5. The number of carbonyl (C=O) groups is 3. The van der Waals surface area contributed by atoms with Gasteiger partial charge in [-0.05, 0) is 50.7 Å². The number of nitrogens with zero attached hydrogens (tertiary/aromatic N) is 1. The van der Waals surface area contributed by atoms with Gasteiger partial charge in [-0.15, -0.1) is 0 Å². The molecular formula is C27H34N2O5. The molecule has 0 aliphatic carbocycles. The molecule has 34 heavy (non-hydrogen) atoms. The smallest absolute Gasteiger partial charge is 0.329 e. The molecule has 0 bridgehead atoms. The molecule has 1 unspecified atom stereocenters. The average molecular weight is 467 g/mol. The quantitative estimate of drug-likeness (QED) is 0.512. The minimum atomic E-state index is -0.646. The van der Waals surface area contributed by atoms with E-state index in [1.165, 1.54) is 0 Å². The van der Waals surface area contributed by atoms with Crippen LogP contribution in [0, 0.1) is 0 Å². The van der Waals surface area contributed by atoms with Crippen LogP contribution in [0.2, 0.25) is 0 Å². The Morgan fingerprint density at radius 1 is 1.00 bits per heavy atom. The molecule has 1 N–H and O–H groups in total. The van der Waals surface area contributed by atoms with Gasteiger partial charge in [0.2, 0.25) is 5.91 Å². The van der Waals surface area contributed by atoms with Crippen molar-refractivity contribution in [2.45, 2.75) is 64.3 Å². The molecular weight excluding hydrogens is 432 g/mol. The van der Waals surface area contributed by atoms with E-state index in [4.69, 9.17) is 9.47 Å². The van der Waals surface area contributed by atoms with E-state index in [1.54, 1.807) is 18.7 Å². The Hall–Kier alpha value is -3.19. The van der Waals surface area contributed by atoms with Gasteiger partial charge in [-0.25, -0.2) is 4.79 Å². The summed E-state index contributed by atoms with van der Waals surface area (Å²) in [5, 5.41) is 3.15. The van der Waals surface area contributed by atoms with Crippen molar-refractivity contribution in [1.82, 2.24) is 10.2 Å². The van der Waals surface area contributed by atoms with Gasteiger partial charge < -0.3 is 14.4 Å². The molecule has 0 spiro atoms. The van der Waals surface area contributed by atoms with E-state index in [0.29, 0.717) is 25.8 Å². The lowest BCUT2D eigenvalue weighted by molar-refractivity contribution is -0.155. The van der Waals surface area contributed by atoms with Crippen LogP contribution in [0.5, 0.6) is 0 Å². The summed E-state index contributed by atoms with van der Waals surface area (Å²) in [6.07, 6.45) is 2.49. The van der Waals surface area contributed by atoms with Crippen LogP contribution in [0.3, 0.4) is 0 Å². The van der Waals surface area contributed by atoms with Gasteiger partial charge in [0.15, 0.2) is 0 Å². The number of ether oxygens (including phenoxy) is 2. The standard InChI is InChI=1S/C27H34N2O5/c1-3-33-26(31)23(17-16-21-11-6-4-7-12-21)28-20(2)25(30)29-18-10-15-24(29)27(32)34-19-22-13-8-5-9-14-22/h4-9,11-14,20,23-24,28H,3,10,15-19H2,1-2H3/t20-,23?,24-/m0/s1. The molecule has 1 heterocycles. The van der Waals surface area contributed by atoms with Crippen molar-refractivity contribution >= 4 is 17.8 Å². The first-order chi connectivity index (χ1) is 16.5. The van der Waals surface area contributed by atoms with Gasteiger partial charge in [0.05, 0.1) is 12.6 Å². The van der Waals surface area contributed by atoms with Gasteiger partial charge >= 0.3 is 11.9 Å². The average Bonchev–Trinajstić information content (AvgIpc) is 3.36. The monoisotopic (exact) mass is 466 g/mol. The van der Waals surface area contributed by atoms with Crippen molar-refractivity contribution in [3.8, 4) is 0 Å². The van der Waals surface area contributed by atoms with Gasteiger partial charge in [0.1, 0.15) is 18.7 Å². The normalized spacial score (nSPS) is 17.1. The largest absolute Gasteiger partial charge is 0.465 e. The maximum Gasteiger partial charge on any atom is 0.329 e. The van der Waals surface area contributed by atoms with Crippen LogP contribution in [-0.4, -0.2) is 54.0 Å². The van der Waals surface area contributed by atoms with Crippen LogP contribution in [0.25, 0.3) is 0 Å². The third kappa shape index (κ3) is 7.15. The first kappa shape index (κ1) is 25.4. The molecule has 1 aliphatic rings. The molecule has 1 aliphatic heterocycles. The summed E-state index contributed by atoms with van der Waals surface area (Å²) >= 11 is 0. The minimum Gasteiger partial charge on any atom is -0.465 e. The first-order valence-corrected chi connectivity index (χ1v) is 12.0. The summed E-state index contributed by atoms with van der Waals surface area (Å²) in [6.45, 7) is 4.42. The van der Waals surface area contributed by atoms with E-state index in [-0.39, 0.29) is 25.1 Å². The van der Waals surface area contributed by atoms with Crippen molar-refractivity contribution in [1.29, 1.82) is 0 Å². The molecule has 1 fully saturated rings. The molecule has 0 aromatic heterocycles. The third-order valence-electron chi connectivity index (χ3n) is 5.99. The minimum absolute atomic E-state index is 0.177. The van der Waals surface area contributed by atoms with Crippen LogP contribution in [0.15, 0.2) is 60.7 Å². The summed E-state index contributed by atoms with van der Waals surface area (Å²) in [5.41, 5.74) is 2.01. The maximum absolute atomic E-state index is 13.2. The molecule has 0 saturated carbocycles. The number of nitrogens with one attached hydrogen (secondary N) is 1. The van der Waals surface area contributed by atoms with Crippen LogP contribution in [-0.2, 0) is 36.9 Å². The number of rotatable bonds is 11. The van der Waals surface area contributed by atoms with E-state index >= 15 is 0 Å². The van der Waals surface area contributed by atoms with E-state index in [2.05, 4.69) is 5.32 Å². The molecule has 2 aromatic carbocycles. The molecule has 3 rings (SSSR count). The van der Waals surface area contributed by atoms with Crippen LogP contribution in [0.4, 0.5) is 0 Å². The highest BCUT2D eigenvalue weighted by molar-refractivity contribution is 5.88. The number of benzene rings is 2. The zero-order valence-electron chi connectivity index (χ0n) is 19.9. The van der Waals surface area contributed by atoms with E-state index < -0.39 is 24.1 Å². The number of aryl methyl sites for hydroxylation is 1. The molecule has 7 nitrogen and oxygen atoms in total. The molecule has 182 valence electrons. The second-order valence-corrected chi connectivity index (χ2v) is 8.50. The summed E-state index contributed by atoms with van der Waals surface area (Å²) in [5.74, 6) is -0.987. The van der Waals surface area contributed by atoms with Crippen molar-refractivity contribution in [3.05, 3.63) is 71.8 Å². The highest BCUT2D eigenvalue weighted by Crippen LogP contribution is 2.20. The second kappa shape index (κ2) is 12.9. The molecule has 0 radical (unpaired) electrons. The van der Waals surface area contributed by atoms with Gasteiger partial charge in [-0.2, -0.15) is 0 Å². The Morgan fingerprint density at radius 3 is 2.29 bits per heavy atom. The summed E-state index contributed by atoms with van der Waals surface area (Å²) in [7, 11) is 0. The summed E-state index contributed by atoms with van der Waals surface area (Å²) in [4.78, 5) is 40.1. The van der Waals surface area contributed by atoms with Crippen molar-refractivity contribution in [2.75, 3.05) is 13.2 Å². The van der Waals surface area contributed by atoms with Crippen molar-refractivity contribution < 1.29 is 23.9 Å². The number of carbonyl (C=O) groups excluding carboxylic acids is 3. The molecule has 2 aromatic rings. The van der Waals surface area contributed by atoms with Crippen molar-refractivity contribution in [3.63, 3.8) is 0 Å². The second-order valence-electron chi connectivity index (χ2n) is 8.50. The highest BCUT2D eigenvalue weighted by Gasteiger charge is 2.38. The predicted molar refractivity (Wildman–Crippen MR) is 129 cm³/mol. The van der Waals surface area contributed by atoms with Gasteiger partial charge in [-0.3, -0.25) is 14.9 Å². The Kier molecular flexibility index (Phi) is 9.64. The Balaban J connectivity index is 1.59. The Morgan fingerprint density at radius 2 is 1.65 bits per heavy atom. The van der Waals surface area contributed by atoms with E-state index in [0.717, 1.165) is 17.5 Å². The number of esters is 2. The number of hydrogen-bond donors (Lipinski definition) is 1. The molecule has 1 amide bonds. The topological polar surface area (TPSA) is 84.9 Å². The number of hydrogen-bond acceptors (Lipinski definition) is 6. The lowest BCUT2D eigenvalue weighted by Crippen LogP contribution is -2.53. The van der Waals surface area contributed by atoms with Crippen molar-refractivity contribution in [2.24, 2.45) is 0 Å². The number of amides is 1. The lowest BCUT2D eigenvalue weighted by atomic mass is 10.0. The Bertz CT molecular complexity index is 935. The van der Waals surface area contributed by atoms with E-state index in [1.807, 2.05) is 60.7 Å². The summed E-state index contributed by atoms with van der Waals surface area (Å²) < 4.78 is 10.7. The van der Waals surface area contributed by atoms with Crippen LogP contribution in [0.1, 0.15) is 44.2 Å². The van der Waals surface area contributed by atoms with Gasteiger partial charge in [-0.1, -0.05) is 60.7 Å². The maximum atomic E-state index is 13.2. The molecule has 7 heteroatoms. The zero-order valence-corrected chi connectivity index (χ0v) is 19.9. The fourth-order valence-corrected chi connectivity index (χ4v) is 4.19. The third-order valence-corrected chi connectivity index (χ3v) is 5.99. The predicted octanol–water partition coefficient (Wildman–Crippen LogP) is 3.26. The molecule has 3 atom stereocenters. The Labute approximate surface area is 201 Å². The fraction of sp³-hybridized carbons (Fsp3) is 0.444. The first-order valence-electron chi connectivity index (χ1n) is 12.0. The molecule has 1 saturated heterocycles. The SMILES string of the molecule is CCOC(=O)C(CCc1ccccc1)N[C@@H](C)C(=O)N1CCC[C@H]1C(=O)OCc1ccccc1. The fourth-order valence-electron chi connectivity index (χ4n) is 4.19. The van der Waals surface area contributed by atoms with Gasteiger partial charge in [0.25, 0.3) is 0 Å². The summed E-state index contributed by atoms with van der Waals surface area (Å²) in [6, 6.07) is 17.5. The van der Waals surface area contributed by atoms with E-state index in [9.17, 15) is 14.4 Å². The van der Waals surface area contributed by atoms with Crippen LogP contribution >= 0.6 is 0 Å². The van der Waals surface area contributed by atoms with Gasteiger partial charge in [0, 0.05) is 6.54 Å². The van der Waals surface area contributed by atoms with Crippen LogP contribution < -0.4 is 5.32 Å². The zero-order chi connectivity index (χ0) is 24.3.